The van der Waals surface area contributed by atoms with Crippen LogP contribution in [0.1, 0.15) is 50.5 Å². The van der Waals surface area contributed by atoms with E-state index in [1.54, 1.807) is 6.07 Å². The van der Waals surface area contributed by atoms with Crippen molar-refractivity contribution in [3.8, 4) is 0 Å². The highest BCUT2D eigenvalue weighted by atomic mass is 19.1. The molecule has 7 nitrogen and oxygen atoms in total. The van der Waals surface area contributed by atoms with Gasteiger partial charge in [-0.05, 0) is 82.2 Å². The van der Waals surface area contributed by atoms with Gasteiger partial charge in [-0.2, -0.15) is 0 Å². The molecule has 1 aromatic heterocycles. The van der Waals surface area contributed by atoms with E-state index >= 15 is 0 Å². The number of carbonyl (C=O) groups excluding carboxylic acids is 1. The Bertz CT molecular complexity index is 980. The molecule has 1 aromatic carbocycles. The van der Waals surface area contributed by atoms with Crippen LogP contribution in [0, 0.1) is 17.7 Å². The Hall–Kier alpha value is -2.74. The molecule has 36 heavy (non-hydrogen) atoms. The predicted octanol–water partition coefficient (Wildman–Crippen LogP) is 3.85. The van der Waals surface area contributed by atoms with Gasteiger partial charge in [-0.1, -0.05) is 18.2 Å². The van der Waals surface area contributed by atoms with Crippen LogP contribution in [0.2, 0.25) is 0 Å². The van der Waals surface area contributed by atoms with Crippen LogP contribution in [0.25, 0.3) is 0 Å². The van der Waals surface area contributed by atoms with Crippen LogP contribution in [0.15, 0.2) is 36.4 Å². The summed E-state index contributed by atoms with van der Waals surface area (Å²) in [5, 5.41) is 12.2. The standard InChI is InChI=1S/C28H39FN6O/c29-25-7-3-2-6-24(25)21-33-16-10-22(11-17-33)20-30-28(36)23-12-18-35(19-13-23)27-9-8-26(31-32-27)34-14-4-1-5-15-34/h2-3,6-9,22-23H,1,4-5,10-21H2,(H,30,36). The van der Waals surface area contributed by atoms with Gasteiger partial charge in [0.2, 0.25) is 5.91 Å². The molecule has 4 heterocycles. The molecule has 2 aromatic rings. The van der Waals surface area contributed by atoms with Gasteiger partial charge in [0.25, 0.3) is 0 Å². The van der Waals surface area contributed by atoms with E-state index < -0.39 is 0 Å². The summed E-state index contributed by atoms with van der Waals surface area (Å²) in [5.41, 5.74) is 0.763. The normalized spacial score (nSPS) is 20.5. The van der Waals surface area contributed by atoms with Gasteiger partial charge in [0, 0.05) is 50.7 Å². The molecular formula is C28H39FN6O. The van der Waals surface area contributed by atoms with Gasteiger partial charge in [-0.25, -0.2) is 4.39 Å². The average Bonchev–Trinajstić information content (AvgIpc) is 2.94. The van der Waals surface area contributed by atoms with Crippen LogP contribution in [0.3, 0.4) is 0 Å². The number of rotatable bonds is 7. The molecule has 3 aliphatic rings. The van der Waals surface area contributed by atoms with Crippen LogP contribution in [0.4, 0.5) is 16.0 Å². The van der Waals surface area contributed by atoms with Gasteiger partial charge < -0.3 is 15.1 Å². The summed E-state index contributed by atoms with van der Waals surface area (Å²) in [6, 6.07) is 11.2. The second-order valence-corrected chi connectivity index (χ2v) is 10.6. The van der Waals surface area contributed by atoms with Crippen LogP contribution < -0.4 is 15.1 Å². The molecule has 1 N–H and O–H groups in total. The van der Waals surface area contributed by atoms with Crippen LogP contribution in [-0.2, 0) is 11.3 Å². The first kappa shape index (κ1) is 24.9. The summed E-state index contributed by atoms with van der Waals surface area (Å²) in [4.78, 5) is 19.7. The lowest BCUT2D eigenvalue weighted by molar-refractivity contribution is -0.125. The van der Waals surface area contributed by atoms with E-state index in [9.17, 15) is 9.18 Å². The van der Waals surface area contributed by atoms with E-state index in [0.717, 1.165) is 88.7 Å². The van der Waals surface area contributed by atoms with Crippen molar-refractivity contribution in [2.24, 2.45) is 11.8 Å². The number of carbonyl (C=O) groups is 1. The first-order chi connectivity index (χ1) is 17.7. The van der Waals surface area contributed by atoms with Crippen molar-refractivity contribution in [3.63, 3.8) is 0 Å². The van der Waals surface area contributed by atoms with Gasteiger partial charge >= 0.3 is 0 Å². The predicted molar refractivity (Wildman–Crippen MR) is 140 cm³/mol. The lowest BCUT2D eigenvalue weighted by Crippen LogP contribution is -2.43. The second kappa shape index (κ2) is 12.0. The fourth-order valence-corrected chi connectivity index (χ4v) is 5.75. The molecule has 0 radical (unpaired) electrons. The second-order valence-electron chi connectivity index (χ2n) is 10.6. The first-order valence-electron chi connectivity index (χ1n) is 13.7. The molecule has 3 saturated heterocycles. The van der Waals surface area contributed by atoms with Gasteiger partial charge in [0.05, 0.1) is 0 Å². The molecule has 1 amide bonds. The maximum absolute atomic E-state index is 13.9. The van der Waals surface area contributed by atoms with Crippen LogP contribution in [-0.4, -0.2) is 66.8 Å². The van der Waals surface area contributed by atoms with E-state index in [4.69, 9.17) is 0 Å². The van der Waals surface area contributed by atoms with Gasteiger partial charge in [-0.3, -0.25) is 9.69 Å². The third-order valence-corrected chi connectivity index (χ3v) is 8.13. The van der Waals surface area contributed by atoms with Crippen molar-refractivity contribution < 1.29 is 9.18 Å². The summed E-state index contributed by atoms with van der Waals surface area (Å²) in [6.45, 7) is 7.12. The minimum atomic E-state index is -0.126. The highest BCUT2D eigenvalue weighted by Crippen LogP contribution is 2.24. The van der Waals surface area contributed by atoms with Crippen molar-refractivity contribution in [2.75, 3.05) is 55.6 Å². The first-order valence-corrected chi connectivity index (χ1v) is 13.7. The number of anilines is 2. The Kier molecular flexibility index (Phi) is 8.31. The summed E-state index contributed by atoms with van der Waals surface area (Å²) >= 11 is 0. The third kappa shape index (κ3) is 6.33. The van der Waals surface area contributed by atoms with Crippen molar-refractivity contribution in [3.05, 3.63) is 47.8 Å². The van der Waals surface area contributed by atoms with Crippen molar-refractivity contribution in [1.29, 1.82) is 0 Å². The number of nitrogens with zero attached hydrogens (tertiary/aromatic N) is 5. The molecular weight excluding hydrogens is 455 g/mol. The number of halogens is 1. The zero-order valence-corrected chi connectivity index (χ0v) is 21.2. The molecule has 8 heteroatoms. The van der Waals surface area contributed by atoms with Crippen molar-refractivity contribution >= 4 is 17.5 Å². The molecule has 5 rings (SSSR count). The number of hydrogen-bond acceptors (Lipinski definition) is 6. The van der Waals surface area contributed by atoms with Gasteiger partial charge in [-0.15, -0.1) is 10.2 Å². The zero-order chi connectivity index (χ0) is 24.7. The SMILES string of the molecule is O=C(NCC1CCN(Cc2ccccc2F)CC1)C1CCN(c2ccc(N3CCCCC3)nn2)CC1. The Morgan fingerprint density at radius 1 is 0.833 bits per heavy atom. The molecule has 0 aliphatic carbocycles. The molecule has 0 atom stereocenters. The number of piperidine rings is 3. The Labute approximate surface area is 214 Å². The number of benzene rings is 1. The number of aromatic nitrogens is 2. The summed E-state index contributed by atoms with van der Waals surface area (Å²) < 4.78 is 13.9. The fraction of sp³-hybridized carbons (Fsp3) is 0.607. The summed E-state index contributed by atoms with van der Waals surface area (Å²) in [6.07, 6.45) is 7.55. The van der Waals surface area contributed by atoms with Gasteiger partial charge in [0.1, 0.15) is 5.82 Å². The lowest BCUT2D eigenvalue weighted by atomic mass is 9.94. The van der Waals surface area contributed by atoms with E-state index in [1.807, 2.05) is 12.1 Å². The maximum atomic E-state index is 13.9. The Morgan fingerprint density at radius 3 is 2.11 bits per heavy atom. The highest BCUT2D eigenvalue weighted by molar-refractivity contribution is 5.79. The van der Waals surface area contributed by atoms with Crippen molar-refractivity contribution in [2.45, 2.75) is 51.5 Å². The number of amides is 1. The van der Waals surface area contributed by atoms with Crippen LogP contribution in [0.5, 0.6) is 0 Å². The number of hydrogen-bond donors (Lipinski definition) is 1. The Morgan fingerprint density at radius 2 is 1.47 bits per heavy atom. The fourth-order valence-electron chi connectivity index (χ4n) is 5.75. The average molecular weight is 495 g/mol. The van der Waals surface area contributed by atoms with E-state index in [2.05, 4.69) is 42.3 Å². The van der Waals surface area contributed by atoms with Crippen molar-refractivity contribution in [1.82, 2.24) is 20.4 Å². The molecule has 0 saturated carbocycles. The number of nitrogens with one attached hydrogen (secondary N) is 1. The van der Waals surface area contributed by atoms with E-state index in [0.29, 0.717) is 12.5 Å². The number of likely N-dealkylation sites (tertiary alicyclic amines) is 1. The molecule has 3 fully saturated rings. The monoisotopic (exact) mass is 494 g/mol. The summed E-state index contributed by atoms with van der Waals surface area (Å²) in [5.74, 6) is 2.53. The minimum Gasteiger partial charge on any atom is -0.356 e. The molecule has 194 valence electrons. The molecule has 0 spiro atoms. The van der Waals surface area contributed by atoms with Crippen LogP contribution >= 0.6 is 0 Å². The summed E-state index contributed by atoms with van der Waals surface area (Å²) in [7, 11) is 0. The molecule has 0 unspecified atom stereocenters. The lowest BCUT2D eigenvalue weighted by Gasteiger charge is -2.34. The topological polar surface area (TPSA) is 64.6 Å². The highest BCUT2D eigenvalue weighted by Gasteiger charge is 2.27. The minimum absolute atomic E-state index is 0.0722. The van der Waals surface area contributed by atoms with E-state index in [-0.39, 0.29) is 17.6 Å². The van der Waals surface area contributed by atoms with E-state index in [1.165, 1.54) is 25.3 Å². The molecule has 0 bridgehead atoms. The quantitative estimate of drug-likeness (QED) is 0.631. The largest absolute Gasteiger partial charge is 0.356 e. The third-order valence-electron chi connectivity index (χ3n) is 8.13. The molecule has 3 aliphatic heterocycles. The van der Waals surface area contributed by atoms with Gasteiger partial charge in [0.15, 0.2) is 11.6 Å². The zero-order valence-electron chi connectivity index (χ0n) is 21.2. The maximum Gasteiger partial charge on any atom is 0.223 e. The Balaban J connectivity index is 1.01. The smallest absolute Gasteiger partial charge is 0.223 e.